The van der Waals surface area contributed by atoms with E-state index in [1.165, 1.54) is 6.07 Å². The second kappa shape index (κ2) is 7.27. The molecule has 0 unspecified atom stereocenters. The monoisotopic (exact) mass is 388 g/mol. The minimum atomic E-state index is -0.533. The number of carbonyl (C=O) groups is 1. The standard InChI is InChI=1S/C22H20N4O3/c1-2-13-10-16(19(28)11-18(13)27)22-25-24-21(12-20(23)29)26(22)17-9-5-7-14-6-3-4-8-15(14)17/h3-11,27-28H,2,12H2,1H3,(H2,23,29). The molecule has 29 heavy (non-hydrogen) atoms. The predicted octanol–water partition coefficient (Wildman–Crippen LogP) is 3.09. The fourth-order valence-electron chi connectivity index (χ4n) is 3.50. The van der Waals surface area contributed by atoms with Gasteiger partial charge in [0.25, 0.3) is 0 Å². The van der Waals surface area contributed by atoms with Gasteiger partial charge in [0.1, 0.15) is 17.3 Å². The molecule has 4 N–H and O–H groups in total. The molecule has 0 aliphatic carbocycles. The number of aromatic hydroxyl groups is 2. The van der Waals surface area contributed by atoms with Crippen LogP contribution < -0.4 is 5.73 Å². The number of aryl methyl sites for hydroxylation is 1. The number of fused-ring (bicyclic) bond motifs is 1. The smallest absolute Gasteiger partial charge is 0.225 e. The molecule has 1 amide bonds. The predicted molar refractivity (Wildman–Crippen MR) is 110 cm³/mol. The molecule has 7 heteroatoms. The van der Waals surface area contributed by atoms with Crippen LogP contribution in [-0.4, -0.2) is 30.9 Å². The van der Waals surface area contributed by atoms with Crippen LogP contribution in [0.2, 0.25) is 0 Å². The van der Waals surface area contributed by atoms with Gasteiger partial charge >= 0.3 is 0 Å². The van der Waals surface area contributed by atoms with Gasteiger partial charge in [0, 0.05) is 11.5 Å². The van der Waals surface area contributed by atoms with Gasteiger partial charge in [-0.1, -0.05) is 43.3 Å². The number of aromatic nitrogens is 3. The third-order valence-electron chi connectivity index (χ3n) is 4.89. The number of benzene rings is 3. The Labute approximate surface area is 167 Å². The van der Waals surface area contributed by atoms with Crippen LogP contribution in [0.25, 0.3) is 27.8 Å². The molecule has 0 saturated heterocycles. The van der Waals surface area contributed by atoms with Gasteiger partial charge in [-0.2, -0.15) is 0 Å². The molecule has 1 aromatic heterocycles. The van der Waals surface area contributed by atoms with Crippen molar-refractivity contribution in [1.29, 1.82) is 0 Å². The van der Waals surface area contributed by atoms with E-state index in [2.05, 4.69) is 10.2 Å². The molecule has 4 aromatic rings. The summed E-state index contributed by atoms with van der Waals surface area (Å²) in [5.41, 5.74) is 7.27. The molecule has 1 heterocycles. The van der Waals surface area contributed by atoms with E-state index in [0.29, 0.717) is 29.2 Å². The lowest BCUT2D eigenvalue weighted by atomic mass is 10.0. The maximum absolute atomic E-state index is 11.6. The quantitative estimate of drug-likeness (QED) is 0.486. The van der Waals surface area contributed by atoms with Crippen LogP contribution in [0.15, 0.2) is 54.6 Å². The van der Waals surface area contributed by atoms with Crippen molar-refractivity contribution in [1.82, 2.24) is 14.8 Å². The maximum Gasteiger partial charge on any atom is 0.225 e. The summed E-state index contributed by atoms with van der Waals surface area (Å²) in [5.74, 6) is 0.0929. The lowest BCUT2D eigenvalue weighted by Gasteiger charge is -2.14. The van der Waals surface area contributed by atoms with Gasteiger partial charge in [-0.05, 0) is 29.5 Å². The van der Waals surface area contributed by atoms with E-state index in [9.17, 15) is 15.0 Å². The van der Waals surface area contributed by atoms with E-state index >= 15 is 0 Å². The van der Waals surface area contributed by atoms with Gasteiger partial charge in [-0.3, -0.25) is 9.36 Å². The van der Waals surface area contributed by atoms with Crippen LogP contribution in [0.5, 0.6) is 11.5 Å². The van der Waals surface area contributed by atoms with E-state index < -0.39 is 5.91 Å². The zero-order chi connectivity index (χ0) is 20.5. The van der Waals surface area contributed by atoms with E-state index in [1.54, 1.807) is 10.6 Å². The third-order valence-corrected chi connectivity index (χ3v) is 4.89. The Balaban J connectivity index is 2.03. The highest BCUT2D eigenvalue weighted by Gasteiger charge is 2.21. The van der Waals surface area contributed by atoms with Crippen LogP contribution >= 0.6 is 0 Å². The van der Waals surface area contributed by atoms with E-state index in [1.807, 2.05) is 49.4 Å². The van der Waals surface area contributed by atoms with Crippen LogP contribution in [-0.2, 0) is 17.6 Å². The molecule has 0 fully saturated rings. The lowest BCUT2D eigenvalue weighted by Crippen LogP contribution is -2.17. The SMILES string of the molecule is CCc1cc(-c2nnc(CC(N)=O)n2-c2cccc3ccccc23)c(O)cc1O. The average molecular weight is 388 g/mol. The molecular weight excluding hydrogens is 368 g/mol. The second-order valence-electron chi connectivity index (χ2n) is 6.77. The first-order valence-corrected chi connectivity index (χ1v) is 9.25. The van der Waals surface area contributed by atoms with E-state index in [4.69, 9.17) is 5.73 Å². The third kappa shape index (κ3) is 3.27. The number of primary amides is 1. The van der Waals surface area contributed by atoms with Crippen molar-refractivity contribution >= 4 is 16.7 Å². The summed E-state index contributed by atoms with van der Waals surface area (Å²) in [6.07, 6.45) is 0.478. The Kier molecular flexibility index (Phi) is 4.64. The molecule has 0 radical (unpaired) electrons. The van der Waals surface area contributed by atoms with Crippen LogP contribution in [0.4, 0.5) is 0 Å². The molecule has 0 spiro atoms. The molecule has 146 valence electrons. The van der Waals surface area contributed by atoms with Gasteiger partial charge in [0.2, 0.25) is 5.91 Å². The molecule has 3 aromatic carbocycles. The summed E-state index contributed by atoms with van der Waals surface area (Å²) >= 11 is 0. The Morgan fingerprint density at radius 3 is 2.55 bits per heavy atom. The zero-order valence-electron chi connectivity index (χ0n) is 15.8. The topological polar surface area (TPSA) is 114 Å². The first kappa shape index (κ1) is 18.5. The number of hydrogen-bond donors (Lipinski definition) is 3. The van der Waals surface area contributed by atoms with Crippen molar-refractivity contribution < 1.29 is 15.0 Å². The number of amides is 1. The van der Waals surface area contributed by atoms with Gasteiger partial charge in [0.05, 0.1) is 17.7 Å². The molecule has 0 aliphatic rings. The Morgan fingerprint density at radius 2 is 1.79 bits per heavy atom. The fourth-order valence-corrected chi connectivity index (χ4v) is 3.50. The van der Waals surface area contributed by atoms with Crippen LogP contribution in [0.1, 0.15) is 18.3 Å². The summed E-state index contributed by atoms with van der Waals surface area (Å²) < 4.78 is 1.73. The Morgan fingerprint density at radius 1 is 1.03 bits per heavy atom. The van der Waals surface area contributed by atoms with Gasteiger partial charge in [-0.25, -0.2) is 0 Å². The number of phenolic OH excluding ortho intramolecular Hbond substituents is 2. The highest BCUT2D eigenvalue weighted by molar-refractivity contribution is 5.91. The van der Waals surface area contributed by atoms with E-state index in [0.717, 1.165) is 16.5 Å². The molecule has 0 bridgehead atoms. The average Bonchev–Trinajstić information content (AvgIpc) is 3.10. The Bertz CT molecular complexity index is 1220. The van der Waals surface area contributed by atoms with Crippen molar-refractivity contribution in [3.8, 4) is 28.6 Å². The Hall–Kier alpha value is -3.87. The first-order valence-electron chi connectivity index (χ1n) is 9.25. The van der Waals surface area contributed by atoms with Gasteiger partial charge < -0.3 is 15.9 Å². The second-order valence-corrected chi connectivity index (χ2v) is 6.77. The summed E-state index contributed by atoms with van der Waals surface area (Å²) in [4.78, 5) is 11.6. The largest absolute Gasteiger partial charge is 0.508 e. The highest BCUT2D eigenvalue weighted by atomic mass is 16.3. The number of nitrogens with zero attached hydrogens (tertiary/aromatic N) is 3. The molecule has 4 rings (SSSR count). The van der Waals surface area contributed by atoms with Crippen LogP contribution in [0, 0.1) is 0 Å². The van der Waals surface area contributed by atoms with Crippen molar-refractivity contribution in [3.05, 3.63) is 66.0 Å². The number of nitrogens with two attached hydrogens (primary N) is 1. The number of hydrogen-bond acceptors (Lipinski definition) is 5. The summed E-state index contributed by atoms with van der Waals surface area (Å²) in [6.45, 7) is 1.91. The number of rotatable bonds is 5. The molecule has 0 saturated carbocycles. The van der Waals surface area contributed by atoms with Crippen molar-refractivity contribution in [3.63, 3.8) is 0 Å². The summed E-state index contributed by atoms with van der Waals surface area (Å²) in [6, 6.07) is 16.6. The molecule has 0 aliphatic heterocycles. The normalized spacial score (nSPS) is 11.1. The van der Waals surface area contributed by atoms with E-state index in [-0.39, 0.29) is 17.9 Å². The van der Waals surface area contributed by atoms with Crippen molar-refractivity contribution in [2.45, 2.75) is 19.8 Å². The number of carbonyl (C=O) groups excluding carboxylic acids is 1. The number of phenols is 2. The molecule has 0 atom stereocenters. The summed E-state index contributed by atoms with van der Waals surface area (Å²) in [7, 11) is 0. The van der Waals surface area contributed by atoms with Crippen molar-refractivity contribution in [2.75, 3.05) is 0 Å². The maximum atomic E-state index is 11.6. The molecular formula is C22H20N4O3. The molecule has 7 nitrogen and oxygen atoms in total. The van der Waals surface area contributed by atoms with Gasteiger partial charge in [-0.15, -0.1) is 10.2 Å². The first-order chi connectivity index (χ1) is 14.0. The van der Waals surface area contributed by atoms with Crippen molar-refractivity contribution in [2.24, 2.45) is 5.73 Å². The van der Waals surface area contributed by atoms with Gasteiger partial charge in [0.15, 0.2) is 5.82 Å². The minimum Gasteiger partial charge on any atom is -0.508 e. The minimum absolute atomic E-state index is 0.0161. The highest BCUT2D eigenvalue weighted by Crippen LogP contribution is 2.36. The fraction of sp³-hybridized carbons (Fsp3) is 0.136. The zero-order valence-corrected chi connectivity index (χ0v) is 15.8. The summed E-state index contributed by atoms with van der Waals surface area (Å²) in [5, 5.41) is 30.9. The lowest BCUT2D eigenvalue weighted by molar-refractivity contribution is -0.117. The van der Waals surface area contributed by atoms with Crippen LogP contribution in [0.3, 0.4) is 0 Å².